The third-order valence-corrected chi connectivity index (χ3v) is 5.60. The van der Waals surface area contributed by atoms with Crippen molar-refractivity contribution in [2.24, 2.45) is 0 Å². The minimum Gasteiger partial charge on any atom is -0.464 e. The van der Waals surface area contributed by atoms with Crippen molar-refractivity contribution in [2.45, 2.75) is 103 Å². The van der Waals surface area contributed by atoms with Gasteiger partial charge < -0.3 is 15.2 Å². The molecule has 1 aromatic rings. The smallest absolute Gasteiger partial charge is 0.331 e. The summed E-state index contributed by atoms with van der Waals surface area (Å²) in [6.45, 7) is 3.93. The van der Waals surface area contributed by atoms with Gasteiger partial charge in [0.25, 0.3) is 5.69 Å². The van der Waals surface area contributed by atoms with Crippen LogP contribution in [0, 0.1) is 10.1 Å². The Balaban J connectivity index is 2.44. The number of aliphatic hydroxyl groups is 1. The lowest BCUT2D eigenvalue weighted by atomic mass is 10.0. The molecule has 0 unspecified atom stereocenters. The highest BCUT2D eigenvalue weighted by Gasteiger charge is 2.31. The van der Waals surface area contributed by atoms with Crippen LogP contribution in [0.25, 0.3) is 0 Å². The third kappa shape index (κ3) is 11.8. The molecule has 8 nitrogen and oxygen atoms in total. The zero-order chi connectivity index (χ0) is 24.5. The standard InChI is InChI=1S/C25H40N2O6/c1-3-5-6-7-8-9-10-11-12-13-14-18-22(28)26-23(25(30)33-4-2)24(29)20-16-15-17-21(19-20)27(31)32/h15-17,19,23-24,29H,3-14,18H2,1-2H3,(H,26,28)/t23-,24-/m1/s1. The predicted molar refractivity (Wildman–Crippen MR) is 128 cm³/mol. The van der Waals surface area contributed by atoms with Crippen molar-refractivity contribution in [3.8, 4) is 0 Å². The van der Waals surface area contributed by atoms with Crippen LogP contribution in [0.5, 0.6) is 0 Å². The van der Waals surface area contributed by atoms with Crippen LogP contribution < -0.4 is 5.32 Å². The van der Waals surface area contributed by atoms with Crippen LogP contribution in [-0.2, 0) is 14.3 Å². The van der Waals surface area contributed by atoms with Crippen LogP contribution in [0.3, 0.4) is 0 Å². The van der Waals surface area contributed by atoms with E-state index in [0.29, 0.717) is 6.42 Å². The first-order valence-corrected chi connectivity index (χ1v) is 12.3. The molecule has 2 N–H and O–H groups in total. The first kappa shape index (κ1) is 28.6. The van der Waals surface area contributed by atoms with Crippen molar-refractivity contribution in [1.29, 1.82) is 0 Å². The zero-order valence-corrected chi connectivity index (χ0v) is 20.1. The van der Waals surface area contributed by atoms with Crippen molar-refractivity contribution >= 4 is 17.6 Å². The number of ether oxygens (including phenoxy) is 1. The van der Waals surface area contributed by atoms with E-state index in [1.165, 1.54) is 69.2 Å². The molecule has 186 valence electrons. The molecule has 1 amide bonds. The van der Waals surface area contributed by atoms with Gasteiger partial charge in [0.1, 0.15) is 6.10 Å². The molecule has 8 heteroatoms. The molecule has 0 radical (unpaired) electrons. The van der Waals surface area contributed by atoms with E-state index in [-0.39, 0.29) is 30.2 Å². The molecule has 0 saturated carbocycles. The van der Waals surface area contributed by atoms with Gasteiger partial charge in [-0.25, -0.2) is 4.79 Å². The lowest BCUT2D eigenvalue weighted by Gasteiger charge is -2.22. The van der Waals surface area contributed by atoms with E-state index >= 15 is 0 Å². The quantitative estimate of drug-likeness (QED) is 0.130. The molecule has 0 aromatic heterocycles. The average molecular weight is 465 g/mol. The van der Waals surface area contributed by atoms with E-state index in [0.717, 1.165) is 19.3 Å². The molecule has 33 heavy (non-hydrogen) atoms. The van der Waals surface area contributed by atoms with E-state index in [1.54, 1.807) is 6.92 Å². The van der Waals surface area contributed by atoms with Gasteiger partial charge in [0.15, 0.2) is 6.04 Å². The van der Waals surface area contributed by atoms with Gasteiger partial charge in [0.05, 0.1) is 11.5 Å². The van der Waals surface area contributed by atoms with Gasteiger partial charge in [-0.05, 0) is 18.9 Å². The number of non-ortho nitro benzene ring substituents is 1. The highest BCUT2D eigenvalue weighted by atomic mass is 16.6. The molecule has 1 rings (SSSR count). The van der Waals surface area contributed by atoms with Crippen LogP contribution in [0.2, 0.25) is 0 Å². The number of nitrogens with zero attached hydrogens (tertiary/aromatic N) is 1. The fourth-order valence-electron chi connectivity index (χ4n) is 3.71. The number of benzene rings is 1. The van der Waals surface area contributed by atoms with Crippen LogP contribution in [-0.4, -0.2) is 34.6 Å². The largest absolute Gasteiger partial charge is 0.464 e. The number of nitro groups is 1. The zero-order valence-electron chi connectivity index (χ0n) is 20.1. The van der Waals surface area contributed by atoms with E-state index in [1.807, 2.05) is 0 Å². The number of aliphatic hydroxyl groups excluding tert-OH is 1. The summed E-state index contributed by atoms with van der Waals surface area (Å²) in [5, 5.41) is 24.2. The molecule has 0 bridgehead atoms. The van der Waals surface area contributed by atoms with Crippen molar-refractivity contribution in [1.82, 2.24) is 5.32 Å². The molecule has 0 aliphatic heterocycles. The second-order valence-corrected chi connectivity index (χ2v) is 8.38. The summed E-state index contributed by atoms with van der Waals surface area (Å²) in [7, 11) is 0. The van der Waals surface area contributed by atoms with Gasteiger partial charge in [0, 0.05) is 18.6 Å². The number of nitro benzene ring substituents is 1. The molecule has 1 aromatic carbocycles. The Morgan fingerprint density at radius 3 is 2.12 bits per heavy atom. The topological polar surface area (TPSA) is 119 Å². The summed E-state index contributed by atoms with van der Waals surface area (Å²) in [6, 6.07) is 4.05. The number of hydrogen-bond donors (Lipinski definition) is 2. The second kappa shape index (κ2) is 17.1. The molecule has 0 saturated heterocycles. The molecule has 0 fully saturated rings. The maximum atomic E-state index is 12.4. The summed E-state index contributed by atoms with van der Waals surface area (Å²) in [5.74, 6) is -1.13. The molecule has 2 atom stereocenters. The Morgan fingerprint density at radius 2 is 1.58 bits per heavy atom. The predicted octanol–water partition coefficient (Wildman–Crippen LogP) is 5.38. The summed E-state index contributed by atoms with van der Waals surface area (Å²) in [6.07, 6.45) is 11.7. The number of rotatable bonds is 18. The first-order chi connectivity index (χ1) is 15.9. The lowest BCUT2D eigenvalue weighted by Crippen LogP contribution is -2.46. The number of hydrogen-bond acceptors (Lipinski definition) is 6. The number of carbonyl (C=O) groups is 2. The molecule has 0 heterocycles. The van der Waals surface area contributed by atoms with Gasteiger partial charge in [-0.2, -0.15) is 0 Å². The fourth-order valence-corrected chi connectivity index (χ4v) is 3.71. The molecular weight excluding hydrogens is 424 g/mol. The summed E-state index contributed by atoms with van der Waals surface area (Å²) >= 11 is 0. The number of amides is 1. The van der Waals surface area contributed by atoms with Gasteiger partial charge in [-0.3, -0.25) is 14.9 Å². The van der Waals surface area contributed by atoms with Crippen LogP contribution in [0.1, 0.15) is 103 Å². The maximum Gasteiger partial charge on any atom is 0.331 e. The molecule has 0 aliphatic rings. The lowest BCUT2D eigenvalue weighted by molar-refractivity contribution is -0.385. The highest BCUT2D eigenvalue weighted by molar-refractivity contribution is 5.85. The van der Waals surface area contributed by atoms with Crippen molar-refractivity contribution in [3.05, 3.63) is 39.9 Å². The SMILES string of the molecule is CCCCCCCCCCCCCC(=O)N[C@@H](C(=O)OCC)[C@H](O)c1cccc([N+](=O)[O-])c1. The summed E-state index contributed by atoms with van der Waals surface area (Å²) in [4.78, 5) is 35.2. The first-order valence-electron chi connectivity index (χ1n) is 12.3. The highest BCUT2D eigenvalue weighted by Crippen LogP contribution is 2.23. The van der Waals surface area contributed by atoms with Crippen LogP contribution >= 0.6 is 0 Å². The van der Waals surface area contributed by atoms with E-state index in [9.17, 15) is 24.8 Å². The van der Waals surface area contributed by atoms with Gasteiger partial charge in [0.2, 0.25) is 5.91 Å². The van der Waals surface area contributed by atoms with E-state index in [2.05, 4.69) is 12.2 Å². The Kier molecular flexibility index (Phi) is 14.8. The van der Waals surface area contributed by atoms with Crippen molar-refractivity contribution in [2.75, 3.05) is 6.61 Å². The molecular formula is C25H40N2O6. The maximum absolute atomic E-state index is 12.4. The van der Waals surface area contributed by atoms with Gasteiger partial charge >= 0.3 is 5.97 Å². The number of esters is 1. The Labute approximate surface area is 197 Å². The van der Waals surface area contributed by atoms with Gasteiger partial charge in [-0.15, -0.1) is 0 Å². The van der Waals surface area contributed by atoms with E-state index < -0.39 is 23.0 Å². The Bertz CT molecular complexity index is 725. The molecule has 0 spiro atoms. The van der Waals surface area contributed by atoms with Gasteiger partial charge in [-0.1, -0.05) is 83.3 Å². The third-order valence-electron chi connectivity index (χ3n) is 5.60. The fraction of sp³-hybridized carbons (Fsp3) is 0.680. The van der Waals surface area contributed by atoms with Crippen LogP contribution in [0.4, 0.5) is 5.69 Å². The van der Waals surface area contributed by atoms with Crippen molar-refractivity contribution < 1.29 is 24.4 Å². The Morgan fingerprint density at radius 1 is 1.00 bits per heavy atom. The normalized spacial score (nSPS) is 12.7. The van der Waals surface area contributed by atoms with Crippen molar-refractivity contribution in [3.63, 3.8) is 0 Å². The number of nitrogens with one attached hydrogen (secondary N) is 1. The average Bonchev–Trinajstić information content (AvgIpc) is 2.80. The summed E-state index contributed by atoms with van der Waals surface area (Å²) < 4.78 is 4.99. The molecule has 0 aliphatic carbocycles. The number of carbonyl (C=O) groups excluding carboxylic acids is 2. The second-order valence-electron chi connectivity index (χ2n) is 8.38. The monoisotopic (exact) mass is 464 g/mol. The number of unbranched alkanes of at least 4 members (excludes halogenated alkanes) is 10. The minimum absolute atomic E-state index is 0.0888. The Hall–Kier alpha value is -2.48. The summed E-state index contributed by atoms with van der Waals surface area (Å²) in [5.41, 5.74) is -0.0429. The van der Waals surface area contributed by atoms with Crippen LogP contribution in [0.15, 0.2) is 24.3 Å². The van der Waals surface area contributed by atoms with E-state index in [4.69, 9.17) is 4.74 Å². The minimum atomic E-state index is -1.45.